The number of carbonyl (C=O) groups excluding carboxylic acids is 1. The van der Waals surface area contributed by atoms with Gasteiger partial charge in [0.2, 0.25) is 0 Å². The van der Waals surface area contributed by atoms with E-state index in [1.807, 2.05) is 4.90 Å². The van der Waals surface area contributed by atoms with Crippen LogP contribution in [0.3, 0.4) is 0 Å². The molecule has 2 fully saturated rings. The molecule has 1 saturated carbocycles. The minimum Gasteiger partial charge on any atom is -0.459 e. The Morgan fingerprint density at radius 3 is 2.38 bits per heavy atom. The van der Waals surface area contributed by atoms with Gasteiger partial charge in [-0.05, 0) is 37.8 Å². The van der Waals surface area contributed by atoms with E-state index < -0.39 is 0 Å². The number of piperidine rings is 1. The first kappa shape index (κ1) is 13.0. The van der Waals surface area contributed by atoms with Gasteiger partial charge in [0.1, 0.15) is 10.0 Å². The SMILES string of the molecule is O=C(c1ccco1)N1CCC(c2nnc(C3CC3)s2)CC1. The van der Waals surface area contributed by atoms with Crippen LogP contribution in [0.25, 0.3) is 0 Å². The van der Waals surface area contributed by atoms with Gasteiger partial charge in [0.15, 0.2) is 5.76 Å². The van der Waals surface area contributed by atoms with Crippen LogP contribution < -0.4 is 0 Å². The maximum absolute atomic E-state index is 12.2. The van der Waals surface area contributed by atoms with Crippen molar-refractivity contribution in [3.8, 4) is 0 Å². The van der Waals surface area contributed by atoms with Crippen LogP contribution in [0.15, 0.2) is 22.8 Å². The Bertz CT molecular complexity index is 625. The summed E-state index contributed by atoms with van der Waals surface area (Å²) in [6, 6.07) is 3.47. The lowest BCUT2D eigenvalue weighted by Crippen LogP contribution is -2.37. The van der Waals surface area contributed by atoms with Crippen LogP contribution in [0, 0.1) is 0 Å². The van der Waals surface area contributed by atoms with Crippen molar-refractivity contribution in [1.29, 1.82) is 0 Å². The summed E-state index contributed by atoms with van der Waals surface area (Å²) in [5.74, 6) is 1.56. The summed E-state index contributed by atoms with van der Waals surface area (Å²) in [5.41, 5.74) is 0. The Hall–Kier alpha value is -1.69. The normalized spacial score (nSPS) is 19.9. The monoisotopic (exact) mass is 303 g/mol. The minimum atomic E-state index is -0.00520. The van der Waals surface area contributed by atoms with Crippen molar-refractivity contribution < 1.29 is 9.21 Å². The van der Waals surface area contributed by atoms with Crippen LogP contribution in [0.2, 0.25) is 0 Å². The molecule has 0 aromatic carbocycles. The van der Waals surface area contributed by atoms with Gasteiger partial charge in [-0.3, -0.25) is 4.79 Å². The van der Waals surface area contributed by atoms with Crippen LogP contribution in [0.4, 0.5) is 0 Å². The average molecular weight is 303 g/mol. The lowest BCUT2D eigenvalue weighted by atomic mass is 9.97. The van der Waals surface area contributed by atoms with Crippen molar-refractivity contribution in [3.63, 3.8) is 0 Å². The topological polar surface area (TPSA) is 59.2 Å². The molecule has 0 radical (unpaired) electrons. The summed E-state index contributed by atoms with van der Waals surface area (Å²) in [7, 11) is 0. The average Bonchev–Trinajstić information content (AvgIpc) is 3.05. The summed E-state index contributed by atoms with van der Waals surface area (Å²) in [5, 5.41) is 11.1. The fraction of sp³-hybridized carbons (Fsp3) is 0.533. The Kier molecular flexibility index (Phi) is 3.25. The van der Waals surface area contributed by atoms with Gasteiger partial charge in [-0.1, -0.05) is 0 Å². The zero-order valence-electron chi connectivity index (χ0n) is 11.7. The molecule has 6 heteroatoms. The molecule has 0 N–H and O–H groups in total. The van der Waals surface area contributed by atoms with Gasteiger partial charge in [-0.25, -0.2) is 0 Å². The van der Waals surface area contributed by atoms with E-state index in [1.54, 1.807) is 29.7 Å². The molecule has 0 spiro atoms. The van der Waals surface area contributed by atoms with Gasteiger partial charge >= 0.3 is 0 Å². The van der Waals surface area contributed by atoms with E-state index in [9.17, 15) is 4.79 Å². The Labute approximate surface area is 127 Å². The third-order valence-electron chi connectivity index (χ3n) is 4.25. The molecule has 1 aliphatic heterocycles. The third kappa shape index (κ3) is 2.60. The van der Waals surface area contributed by atoms with Crippen molar-refractivity contribution in [2.75, 3.05) is 13.1 Å². The van der Waals surface area contributed by atoms with Crippen LogP contribution in [-0.4, -0.2) is 34.1 Å². The zero-order chi connectivity index (χ0) is 14.2. The fourth-order valence-corrected chi connectivity index (χ4v) is 3.97. The molecule has 4 rings (SSSR count). The summed E-state index contributed by atoms with van der Waals surface area (Å²) in [6.45, 7) is 1.53. The number of likely N-dealkylation sites (tertiary alicyclic amines) is 1. The van der Waals surface area contributed by atoms with Crippen molar-refractivity contribution in [2.24, 2.45) is 0 Å². The molecule has 21 heavy (non-hydrogen) atoms. The number of nitrogens with zero attached hydrogens (tertiary/aromatic N) is 3. The Balaban J connectivity index is 1.38. The van der Waals surface area contributed by atoms with E-state index in [4.69, 9.17) is 4.42 Å². The second-order valence-corrected chi connectivity index (χ2v) is 6.84. The van der Waals surface area contributed by atoms with E-state index in [1.165, 1.54) is 17.8 Å². The van der Waals surface area contributed by atoms with E-state index >= 15 is 0 Å². The van der Waals surface area contributed by atoms with E-state index in [-0.39, 0.29) is 5.91 Å². The Morgan fingerprint density at radius 2 is 1.81 bits per heavy atom. The smallest absolute Gasteiger partial charge is 0.289 e. The van der Waals surface area contributed by atoms with Crippen LogP contribution in [0.1, 0.15) is 58.1 Å². The molecule has 0 unspecified atom stereocenters. The predicted molar refractivity (Wildman–Crippen MR) is 78.5 cm³/mol. The van der Waals surface area contributed by atoms with E-state index in [2.05, 4.69) is 10.2 Å². The molecular weight excluding hydrogens is 286 g/mol. The molecule has 1 aliphatic carbocycles. The van der Waals surface area contributed by atoms with Crippen molar-refractivity contribution >= 4 is 17.2 Å². The summed E-state index contributed by atoms with van der Waals surface area (Å²) < 4.78 is 5.19. The molecule has 110 valence electrons. The van der Waals surface area contributed by atoms with E-state index in [0.29, 0.717) is 17.6 Å². The molecular formula is C15H17N3O2S. The first-order chi connectivity index (χ1) is 10.3. The standard InChI is InChI=1S/C15H17N3O2S/c19-15(12-2-1-9-20-12)18-7-5-11(6-8-18)14-17-16-13(21-14)10-3-4-10/h1-2,9-11H,3-8H2. The highest BCUT2D eigenvalue weighted by molar-refractivity contribution is 7.11. The van der Waals surface area contributed by atoms with Crippen molar-refractivity contribution in [2.45, 2.75) is 37.5 Å². The van der Waals surface area contributed by atoms with Gasteiger partial charge in [0.05, 0.1) is 6.26 Å². The number of hydrogen-bond acceptors (Lipinski definition) is 5. The number of rotatable bonds is 3. The maximum Gasteiger partial charge on any atom is 0.289 e. The zero-order valence-corrected chi connectivity index (χ0v) is 12.5. The van der Waals surface area contributed by atoms with Crippen LogP contribution in [0.5, 0.6) is 0 Å². The third-order valence-corrected chi connectivity index (χ3v) is 5.49. The van der Waals surface area contributed by atoms with Gasteiger partial charge in [-0.15, -0.1) is 21.5 Å². The predicted octanol–water partition coefficient (Wildman–Crippen LogP) is 3.03. The highest BCUT2D eigenvalue weighted by Gasteiger charge is 2.31. The highest BCUT2D eigenvalue weighted by Crippen LogP contribution is 2.43. The molecule has 1 amide bonds. The summed E-state index contributed by atoms with van der Waals surface area (Å²) >= 11 is 1.77. The molecule has 5 nitrogen and oxygen atoms in total. The minimum absolute atomic E-state index is 0.00520. The first-order valence-corrected chi connectivity index (χ1v) is 8.29. The van der Waals surface area contributed by atoms with Crippen molar-refractivity contribution in [3.05, 3.63) is 34.2 Å². The second kappa shape index (κ2) is 5.26. The molecule has 0 atom stereocenters. The largest absolute Gasteiger partial charge is 0.459 e. The first-order valence-electron chi connectivity index (χ1n) is 7.47. The molecule has 2 aliphatic rings. The quantitative estimate of drug-likeness (QED) is 0.874. The van der Waals surface area contributed by atoms with Crippen LogP contribution >= 0.6 is 11.3 Å². The molecule has 1 saturated heterocycles. The second-order valence-electron chi connectivity index (χ2n) is 5.80. The highest BCUT2D eigenvalue weighted by atomic mass is 32.1. The number of hydrogen-bond donors (Lipinski definition) is 0. The molecule has 2 aromatic rings. The summed E-state index contributed by atoms with van der Waals surface area (Å²) in [4.78, 5) is 14.1. The summed E-state index contributed by atoms with van der Waals surface area (Å²) in [6.07, 6.45) is 6.01. The molecule has 0 bridgehead atoms. The number of amides is 1. The lowest BCUT2D eigenvalue weighted by Gasteiger charge is -2.30. The maximum atomic E-state index is 12.2. The number of aromatic nitrogens is 2. The number of furan rings is 1. The van der Waals surface area contributed by atoms with Gasteiger partial charge < -0.3 is 9.32 Å². The van der Waals surface area contributed by atoms with Gasteiger partial charge in [-0.2, -0.15) is 0 Å². The fourth-order valence-electron chi connectivity index (χ4n) is 2.79. The molecule has 3 heterocycles. The molecule has 2 aromatic heterocycles. The van der Waals surface area contributed by atoms with Crippen LogP contribution in [-0.2, 0) is 0 Å². The lowest BCUT2D eigenvalue weighted by molar-refractivity contribution is 0.0680. The number of carbonyl (C=O) groups is 1. The van der Waals surface area contributed by atoms with E-state index in [0.717, 1.165) is 30.9 Å². The Morgan fingerprint density at radius 1 is 1.14 bits per heavy atom. The van der Waals surface area contributed by atoms with Gasteiger partial charge in [0, 0.05) is 24.9 Å². The van der Waals surface area contributed by atoms with Gasteiger partial charge in [0.25, 0.3) is 5.91 Å². The van der Waals surface area contributed by atoms with Crippen molar-refractivity contribution in [1.82, 2.24) is 15.1 Å².